The number of carbonyl (C=O) groups excluding carboxylic acids is 1. The highest BCUT2D eigenvalue weighted by Crippen LogP contribution is 2.32. The molecule has 1 atom stereocenters. The van der Waals surface area contributed by atoms with Crippen LogP contribution in [0.1, 0.15) is 29.2 Å². The molecule has 2 aromatic rings. The third kappa shape index (κ3) is 5.17. The predicted octanol–water partition coefficient (Wildman–Crippen LogP) is 2.62. The number of thioether (sulfide) groups is 1. The van der Waals surface area contributed by atoms with Gasteiger partial charge in [-0.15, -0.1) is 24.8 Å². The molecule has 0 aliphatic heterocycles. The van der Waals surface area contributed by atoms with Gasteiger partial charge in [-0.05, 0) is 30.9 Å². The van der Waals surface area contributed by atoms with Crippen molar-refractivity contribution in [3.63, 3.8) is 0 Å². The lowest BCUT2D eigenvalue weighted by atomic mass is 10.2. The van der Waals surface area contributed by atoms with Gasteiger partial charge in [0.2, 0.25) is 0 Å². The zero-order valence-electron chi connectivity index (χ0n) is 13.3. The van der Waals surface area contributed by atoms with Crippen LogP contribution in [0.25, 0.3) is 0 Å². The molecule has 0 radical (unpaired) electrons. The minimum Gasteiger partial charge on any atom is -0.455 e. The summed E-state index contributed by atoms with van der Waals surface area (Å²) in [7, 11) is 1.95. The van der Waals surface area contributed by atoms with Gasteiger partial charge >= 0.3 is 0 Å². The molecule has 1 saturated carbocycles. The largest absolute Gasteiger partial charge is 0.455 e. The van der Waals surface area contributed by atoms with E-state index in [1.807, 2.05) is 23.9 Å². The maximum Gasteiger partial charge on any atom is 0.287 e. The van der Waals surface area contributed by atoms with Gasteiger partial charge in [-0.2, -0.15) is 0 Å². The Morgan fingerprint density at radius 1 is 1.50 bits per heavy atom. The first-order valence-electron chi connectivity index (χ1n) is 7.37. The number of aromatic nitrogens is 2. The summed E-state index contributed by atoms with van der Waals surface area (Å²) in [5.41, 5.74) is 5.70. The first-order chi connectivity index (χ1) is 10.7. The second-order valence-electron chi connectivity index (χ2n) is 5.53. The van der Waals surface area contributed by atoms with E-state index in [0.29, 0.717) is 24.0 Å². The number of aryl methyl sites for hydroxylation is 1. The topological polar surface area (TPSA) is 86.1 Å². The Kier molecular flexibility index (Phi) is 8.15. The van der Waals surface area contributed by atoms with Gasteiger partial charge in [0.05, 0.1) is 5.75 Å². The number of rotatable bonds is 7. The lowest BCUT2D eigenvalue weighted by molar-refractivity contribution is 0.0904. The fourth-order valence-corrected chi connectivity index (χ4v) is 3.14. The first-order valence-corrected chi connectivity index (χ1v) is 8.35. The molecular weight excluding hydrogens is 371 g/mol. The number of hydrogen-bond acceptors (Lipinski definition) is 5. The van der Waals surface area contributed by atoms with E-state index in [-0.39, 0.29) is 36.8 Å². The zero-order valence-corrected chi connectivity index (χ0v) is 15.8. The maximum absolute atomic E-state index is 12.2. The van der Waals surface area contributed by atoms with Crippen LogP contribution in [0.2, 0.25) is 0 Å². The van der Waals surface area contributed by atoms with E-state index in [9.17, 15) is 4.79 Å². The molecule has 1 aliphatic carbocycles. The molecule has 9 heteroatoms. The molecule has 2 heterocycles. The Bertz CT molecular complexity index is 657. The number of nitrogens with two attached hydrogens (primary N) is 1. The van der Waals surface area contributed by atoms with E-state index in [4.69, 9.17) is 10.2 Å². The molecule has 2 aromatic heterocycles. The normalized spacial score (nSPS) is 14.4. The van der Waals surface area contributed by atoms with E-state index in [1.165, 1.54) is 0 Å². The summed E-state index contributed by atoms with van der Waals surface area (Å²) >= 11 is 1.57. The van der Waals surface area contributed by atoms with E-state index < -0.39 is 0 Å². The molecule has 1 amide bonds. The summed E-state index contributed by atoms with van der Waals surface area (Å²) in [5.74, 6) is 2.09. The van der Waals surface area contributed by atoms with Crippen molar-refractivity contribution in [1.82, 2.24) is 14.9 Å². The highest BCUT2D eigenvalue weighted by Gasteiger charge is 2.31. The Labute approximate surface area is 157 Å². The second kappa shape index (κ2) is 9.36. The van der Waals surface area contributed by atoms with Gasteiger partial charge in [0.15, 0.2) is 10.9 Å². The molecule has 0 spiro atoms. The first kappa shape index (κ1) is 20.9. The van der Waals surface area contributed by atoms with Crippen molar-refractivity contribution in [2.24, 2.45) is 18.7 Å². The van der Waals surface area contributed by atoms with Gasteiger partial charge in [-0.1, -0.05) is 11.8 Å². The molecule has 1 unspecified atom stereocenters. The van der Waals surface area contributed by atoms with Crippen LogP contribution >= 0.6 is 36.6 Å². The second-order valence-corrected chi connectivity index (χ2v) is 6.47. The monoisotopic (exact) mass is 392 g/mol. The van der Waals surface area contributed by atoms with Crippen LogP contribution in [0, 0.1) is 5.92 Å². The van der Waals surface area contributed by atoms with E-state index in [0.717, 1.165) is 23.8 Å². The molecule has 1 aliphatic rings. The van der Waals surface area contributed by atoms with Gasteiger partial charge in [-0.3, -0.25) is 4.79 Å². The number of furan rings is 1. The van der Waals surface area contributed by atoms with Gasteiger partial charge in [0.25, 0.3) is 5.91 Å². The fourth-order valence-electron chi connectivity index (χ4n) is 2.31. The van der Waals surface area contributed by atoms with Crippen LogP contribution in [0.5, 0.6) is 0 Å². The van der Waals surface area contributed by atoms with Crippen molar-refractivity contribution in [3.05, 3.63) is 36.0 Å². The molecule has 1 fully saturated rings. The number of nitrogens with zero attached hydrogens (tertiary/aromatic N) is 2. The van der Waals surface area contributed by atoms with Crippen LogP contribution in [0.4, 0.5) is 0 Å². The summed E-state index contributed by atoms with van der Waals surface area (Å²) in [6, 6.07) is 3.60. The average molecular weight is 393 g/mol. The van der Waals surface area contributed by atoms with Crippen molar-refractivity contribution in [2.75, 3.05) is 6.54 Å². The van der Waals surface area contributed by atoms with Gasteiger partial charge < -0.3 is 20.0 Å². The van der Waals surface area contributed by atoms with Crippen molar-refractivity contribution < 1.29 is 9.21 Å². The minimum atomic E-state index is -0.185. The standard InChI is InChI=1S/C15H20N4O2S.2ClH/c1-19-7-6-17-15(19)22-9-11-4-5-13(21-11)14(20)18-12(8-16)10-2-3-10;;/h4-7,10,12H,2-3,8-9,16H2,1H3,(H,18,20);2*1H. The SMILES string of the molecule is Cl.Cl.Cn1ccnc1SCc1ccc(C(=O)NC(CN)C2CC2)o1. The number of halogens is 2. The fraction of sp³-hybridized carbons (Fsp3) is 0.467. The van der Waals surface area contributed by atoms with Gasteiger partial charge in [0.1, 0.15) is 5.76 Å². The van der Waals surface area contributed by atoms with E-state index >= 15 is 0 Å². The summed E-state index contributed by atoms with van der Waals surface area (Å²) in [6.45, 7) is 0.471. The van der Waals surface area contributed by atoms with Crippen molar-refractivity contribution in [2.45, 2.75) is 29.8 Å². The Morgan fingerprint density at radius 3 is 2.83 bits per heavy atom. The molecule has 3 N–H and O–H groups in total. The summed E-state index contributed by atoms with van der Waals surface area (Å²) in [6.07, 6.45) is 5.94. The van der Waals surface area contributed by atoms with E-state index in [1.54, 1.807) is 24.0 Å². The zero-order chi connectivity index (χ0) is 15.5. The number of imidazole rings is 1. The molecule has 0 aromatic carbocycles. The Morgan fingerprint density at radius 2 is 2.25 bits per heavy atom. The molecule has 3 rings (SSSR count). The van der Waals surface area contributed by atoms with Crippen LogP contribution in [-0.4, -0.2) is 28.0 Å². The summed E-state index contributed by atoms with van der Waals surface area (Å²) in [5, 5.41) is 3.87. The molecule has 134 valence electrons. The average Bonchev–Trinajstić information content (AvgIpc) is 3.10. The number of nitrogens with one attached hydrogen (secondary N) is 1. The lowest BCUT2D eigenvalue weighted by Gasteiger charge is -2.14. The van der Waals surface area contributed by atoms with Crippen LogP contribution in [0.3, 0.4) is 0 Å². The number of amides is 1. The van der Waals surface area contributed by atoms with Gasteiger partial charge in [-0.25, -0.2) is 4.98 Å². The molecule has 0 bridgehead atoms. The third-order valence-electron chi connectivity index (χ3n) is 3.77. The predicted molar refractivity (Wildman–Crippen MR) is 99.0 cm³/mol. The third-order valence-corrected chi connectivity index (χ3v) is 4.85. The highest BCUT2D eigenvalue weighted by atomic mass is 35.5. The highest BCUT2D eigenvalue weighted by molar-refractivity contribution is 7.98. The van der Waals surface area contributed by atoms with Crippen LogP contribution in [0.15, 0.2) is 34.1 Å². The molecule has 6 nitrogen and oxygen atoms in total. The van der Waals surface area contributed by atoms with Crippen molar-refractivity contribution >= 4 is 42.5 Å². The summed E-state index contributed by atoms with van der Waals surface area (Å²) in [4.78, 5) is 16.4. The van der Waals surface area contributed by atoms with Gasteiger partial charge in [0, 0.05) is 32.0 Å². The smallest absolute Gasteiger partial charge is 0.287 e. The number of hydrogen-bond donors (Lipinski definition) is 2. The minimum absolute atomic E-state index is 0. The number of carbonyl (C=O) groups is 1. The van der Waals surface area contributed by atoms with E-state index in [2.05, 4.69) is 10.3 Å². The van der Waals surface area contributed by atoms with Crippen LogP contribution in [-0.2, 0) is 12.8 Å². The van der Waals surface area contributed by atoms with Crippen molar-refractivity contribution in [3.8, 4) is 0 Å². The maximum atomic E-state index is 12.2. The Balaban J connectivity index is 0.00000144. The Hall–Kier alpha value is -1.15. The van der Waals surface area contributed by atoms with Crippen molar-refractivity contribution in [1.29, 1.82) is 0 Å². The van der Waals surface area contributed by atoms with Crippen LogP contribution < -0.4 is 11.1 Å². The molecule has 0 saturated heterocycles. The molecule has 24 heavy (non-hydrogen) atoms. The lowest BCUT2D eigenvalue weighted by Crippen LogP contribution is -2.41. The summed E-state index contributed by atoms with van der Waals surface area (Å²) < 4.78 is 7.57. The molecular formula is C15H22Cl2N4O2S. The quantitative estimate of drug-likeness (QED) is 0.707.